The first-order valence-electron chi connectivity index (χ1n) is 8.04. The lowest BCUT2D eigenvalue weighted by atomic mass is 9.52. The highest BCUT2D eigenvalue weighted by atomic mass is 16.5. The average Bonchev–Trinajstić information content (AvgIpc) is 2.40. The monoisotopic (exact) mass is 272 g/mol. The third-order valence-corrected chi connectivity index (χ3v) is 5.97. The second-order valence-electron chi connectivity index (χ2n) is 7.25. The molecule has 1 aromatic heterocycles. The Morgan fingerprint density at radius 1 is 1.15 bits per heavy atom. The van der Waals surface area contributed by atoms with E-state index in [0.717, 1.165) is 47.5 Å². The molecular formula is C17H24N2O. The fourth-order valence-electron chi connectivity index (χ4n) is 5.24. The number of ether oxygens (including phenoxy) is 1. The zero-order valence-corrected chi connectivity index (χ0v) is 12.2. The summed E-state index contributed by atoms with van der Waals surface area (Å²) < 4.78 is 6.11. The van der Waals surface area contributed by atoms with Crippen molar-refractivity contribution >= 4 is 5.82 Å². The van der Waals surface area contributed by atoms with Crippen LogP contribution in [0.1, 0.15) is 37.7 Å². The molecule has 1 aromatic rings. The van der Waals surface area contributed by atoms with Crippen LogP contribution in [0.5, 0.6) is 5.75 Å². The van der Waals surface area contributed by atoms with Gasteiger partial charge in [0, 0.05) is 6.20 Å². The van der Waals surface area contributed by atoms with Crippen LogP contribution in [0.4, 0.5) is 5.82 Å². The molecule has 0 spiro atoms. The summed E-state index contributed by atoms with van der Waals surface area (Å²) >= 11 is 0. The van der Waals surface area contributed by atoms with Crippen molar-refractivity contribution in [2.24, 2.45) is 29.6 Å². The molecule has 3 nitrogen and oxygen atoms in total. The molecule has 2 N–H and O–H groups in total. The number of nitrogen functional groups attached to an aromatic ring is 1. The molecule has 4 saturated carbocycles. The van der Waals surface area contributed by atoms with Crippen molar-refractivity contribution in [3.05, 3.63) is 17.8 Å². The minimum absolute atomic E-state index is 0.536. The molecule has 0 amide bonds. The molecule has 5 rings (SSSR count). The summed E-state index contributed by atoms with van der Waals surface area (Å²) in [5, 5.41) is 0. The van der Waals surface area contributed by atoms with Gasteiger partial charge in [0.2, 0.25) is 0 Å². The zero-order chi connectivity index (χ0) is 13.7. The summed E-state index contributed by atoms with van der Waals surface area (Å²) in [5.41, 5.74) is 7.04. The number of nitrogens with zero attached hydrogens (tertiary/aromatic N) is 1. The summed E-state index contributed by atoms with van der Waals surface area (Å²) in [6, 6.07) is 1.97. The number of aryl methyl sites for hydroxylation is 1. The van der Waals surface area contributed by atoms with Crippen LogP contribution >= 0.6 is 0 Å². The Hall–Kier alpha value is -1.25. The molecule has 0 aromatic carbocycles. The lowest BCUT2D eigenvalue weighted by Crippen LogP contribution is -2.47. The maximum absolute atomic E-state index is 6.11. The lowest BCUT2D eigenvalue weighted by molar-refractivity contribution is -0.0529. The molecule has 4 aliphatic carbocycles. The van der Waals surface area contributed by atoms with Gasteiger partial charge in [-0.2, -0.15) is 0 Å². The molecule has 1 heterocycles. The maximum atomic E-state index is 6.11. The van der Waals surface area contributed by atoms with Crippen molar-refractivity contribution in [2.45, 2.75) is 39.0 Å². The van der Waals surface area contributed by atoms with Gasteiger partial charge in [-0.05, 0) is 80.2 Å². The van der Waals surface area contributed by atoms with Gasteiger partial charge in [0.05, 0.1) is 6.61 Å². The van der Waals surface area contributed by atoms with Crippen molar-refractivity contribution in [2.75, 3.05) is 12.3 Å². The van der Waals surface area contributed by atoms with Gasteiger partial charge in [-0.1, -0.05) is 0 Å². The third kappa shape index (κ3) is 1.99. The van der Waals surface area contributed by atoms with Crippen LogP contribution in [0.25, 0.3) is 0 Å². The van der Waals surface area contributed by atoms with Crippen LogP contribution < -0.4 is 10.5 Å². The number of nitrogens with two attached hydrogens (primary N) is 1. The van der Waals surface area contributed by atoms with Gasteiger partial charge in [-0.25, -0.2) is 4.98 Å². The SMILES string of the molecule is Cc1ccnc(N)c1OCC1C2CC3CC(C2)CC1C3. The molecular weight excluding hydrogens is 248 g/mol. The van der Waals surface area contributed by atoms with E-state index < -0.39 is 0 Å². The molecule has 108 valence electrons. The van der Waals surface area contributed by atoms with Crippen LogP contribution in [0.3, 0.4) is 0 Å². The van der Waals surface area contributed by atoms with Crippen molar-refractivity contribution in [1.82, 2.24) is 4.98 Å². The topological polar surface area (TPSA) is 48.1 Å². The Kier molecular flexibility index (Phi) is 2.90. The van der Waals surface area contributed by atoms with E-state index in [9.17, 15) is 0 Å². The van der Waals surface area contributed by atoms with E-state index in [1.165, 1.54) is 32.1 Å². The van der Waals surface area contributed by atoms with Crippen molar-refractivity contribution < 1.29 is 4.74 Å². The highest BCUT2D eigenvalue weighted by Crippen LogP contribution is 2.56. The molecule has 4 fully saturated rings. The fourth-order valence-corrected chi connectivity index (χ4v) is 5.24. The van der Waals surface area contributed by atoms with E-state index in [1.807, 2.05) is 13.0 Å². The molecule has 0 radical (unpaired) electrons. The first kappa shape index (κ1) is 12.5. The lowest BCUT2D eigenvalue weighted by Gasteiger charge is -2.54. The quantitative estimate of drug-likeness (QED) is 0.917. The van der Waals surface area contributed by atoms with Gasteiger partial charge in [0.25, 0.3) is 0 Å². The summed E-state index contributed by atoms with van der Waals surface area (Å²) in [6.45, 7) is 2.88. The van der Waals surface area contributed by atoms with Gasteiger partial charge in [0.15, 0.2) is 11.6 Å². The largest absolute Gasteiger partial charge is 0.489 e. The third-order valence-electron chi connectivity index (χ3n) is 5.97. The highest BCUT2D eigenvalue weighted by molar-refractivity contribution is 5.50. The summed E-state index contributed by atoms with van der Waals surface area (Å²) in [6.07, 6.45) is 9.05. The summed E-state index contributed by atoms with van der Waals surface area (Å²) in [4.78, 5) is 4.15. The van der Waals surface area contributed by atoms with E-state index in [-0.39, 0.29) is 0 Å². The van der Waals surface area contributed by atoms with E-state index >= 15 is 0 Å². The Labute approximate surface area is 120 Å². The molecule has 4 aliphatic rings. The van der Waals surface area contributed by atoms with E-state index in [2.05, 4.69) is 4.98 Å². The van der Waals surface area contributed by atoms with Crippen LogP contribution in [-0.4, -0.2) is 11.6 Å². The number of pyridine rings is 1. The smallest absolute Gasteiger partial charge is 0.166 e. The number of hydrogen-bond donors (Lipinski definition) is 1. The van der Waals surface area contributed by atoms with Crippen molar-refractivity contribution in [1.29, 1.82) is 0 Å². The number of anilines is 1. The molecule has 3 heteroatoms. The molecule has 20 heavy (non-hydrogen) atoms. The molecule has 0 aliphatic heterocycles. The Morgan fingerprint density at radius 2 is 1.80 bits per heavy atom. The Bertz CT molecular complexity index is 465. The molecule has 0 atom stereocenters. The minimum atomic E-state index is 0.536. The van der Waals surface area contributed by atoms with Gasteiger partial charge in [0.1, 0.15) is 0 Å². The summed E-state index contributed by atoms with van der Waals surface area (Å²) in [5.74, 6) is 5.96. The highest BCUT2D eigenvalue weighted by Gasteiger charge is 2.48. The second kappa shape index (κ2) is 4.64. The molecule has 4 bridgehead atoms. The van der Waals surface area contributed by atoms with Crippen LogP contribution in [0.2, 0.25) is 0 Å². The van der Waals surface area contributed by atoms with Crippen molar-refractivity contribution in [3.8, 4) is 5.75 Å². The maximum Gasteiger partial charge on any atom is 0.166 e. The van der Waals surface area contributed by atoms with E-state index in [1.54, 1.807) is 6.20 Å². The van der Waals surface area contributed by atoms with E-state index in [4.69, 9.17) is 10.5 Å². The predicted molar refractivity (Wildman–Crippen MR) is 79.4 cm³/mol. The zero-order valence-electron chi connectivity index (χ0n) is 12.2. The first-order valence-corrected chi connectivity index (χ1v) is 8.04. The van der Waals surface area contributed by atoms with Gasteiger partial charge < -0.3 is 10.5 Å². The van der Waals surface area contributed by atoms with Gasteiger partial charge >= 0.3 is 0 Å². The minimum Gasteiger partial charge on any atom is -0.489 e. The van der Waals surface area contributed by atoms with Crippen LogP contribution in [-0.2, 0) is 0 Å². The molecule has 0 saturated heterocycles. The molecule has 0 unspecified atom stereocenters. The average molecular weight is 272 g/mol. The number of hydrogen-bond acceptors (Lipinski definition) is 3. The van der Waals surface area contributed by atoms with Gasteiger partial charge in [-0.15, -0.1) is 0 Å². The number of aromatic nitrogens is 1. The fraction of sp³-hybridized carbons (Fsp3) is 0.706. The van der Waals surface area contributed by atoms with Crippen LogP contribution in [0, 0.1) is 36.5 Å². The first-order chi connectivity index (χ1) is 9.70. The van der Waals surface area contributed by atoms with E-state index in [0.29, 0.717) is 5.82 Å². The second-order valence-corrected chi connectivity index (χ2v) is 7.25. The van der Waals surface area contributed by atoms with Crippen molar-refractivity contribution in [3.63, 3.8) is 0 Å². The summed E-state index contributed by atoms with van der Waals surface area (Å²) in [7, 11) is 0. The standard InChI is InChI=1S/C17H24N2O/c1-10-2-3-19-17(18)16(10)20-9-15-13-5-11-4-12(7-13)8-14(15)6-11/h2-3,11-15H,4-9H2,1H3,(H2,18,19). The Balaban J connectivity index is 1.47. The number of rotatable bonds is 3. The van der Waals surface area contributed by atoms with Gasteiger partial charge in [-0.3, -0.25) is 0 Å². The normalized spacial score (nSPS) is 38.1. The van der Waals surface area contributed by atoms with Crippen LogP contribution in [0.15, 0.2) is 12.3 Å². The predicted octanol–water partition coefficient (Wildman–Crippen LogP) is 3.42. The Morgan fingerprint density at radius 3 is 2.40 bits per heavy atom.